The van der Waals surface area contributed by atoms with Crippen molar-refractivity contribution in [2.75, 3.05) is 51.1 Å². The van der Waals surface area contributed by atoms with Gasteiger partial charge in [-0.25, -0.2) is 0 Å². The van der Waals surface area contributed by atoms with E-state index in [9.17, 15) is 4.79 Å². The molecule has 1 amide bonds. The Hall–Kier alpha value is -0.560. The zero-order chi connectivity index (χ0) is 17.1. The first-order valence-corrected chi connectivity index (χ1v) is 9.28. The van der Waals surface area contributed by atoms with Crippen molar-refractivity contribution >= 4 is 46.4 Å². The van der Waals surface area contributed by atoms with E-state index in [1.54, 1.807) is 6.07 Å². The minimum atomic E-state index is -0.0868. The summed E-state index contributed by atoms with van der Waals surface area (Å²) in [6, 6.07) is 3.67. The average molecular weight is 392 g/mol. The Bertz CT molecular complexity index is 607. The standard InChI is InChI=1S/C16H21Cl3N4O/c17-12-7-14(19)15(8-13(12)18)21-16(24)10-22-4-1-11(9-22)23-5-2-20-3-6-23/h7-8,11,20H,1-6,9-10H2,(H,21,24). The lowest BCUT2D eigenvalue weighted by Gasteiger charge is -2.32. The molecule has 0 radical (unpaired) electrons. The third-order valence-electron chi connectivity index (χ3n) is 4.57. The largest absolute Gasteiger partial charge is 0.324 e. The monoisotopic (exact) mass is 390 g/mol. The Kier molecular flexibility index (Phi) is 6.24. The number of benzene rings is 1. The summed E-state index contributed by atoms with van der Waals surface area (Å²) in [5.74, 6) is -0.0868. The molecule has 8 heteroatoms. The van der Waals surface area contributed by atoms with E-state index in [0.29, 0.717) is 33.3 Å². The Labute approximate surface area is 157 Å². The van der Waals surface area contributed by atoms with Crippen LogP contribution < -0.4 is 10.6 Å². The summed E-state index contributed by atoms with van der Waals surface area (Å²) in [4.78, 5) is 17.0. The van der Waals surface area contributed by atoms with Gasteiger partial charge in [0.2, 0.25) is 5.91 Å². The zero-order valence-corrected chi connectivity index (χ0v) is 15.6. The molecule has 2 saturated heterocycles. The van der Waals surface area contributed by atoms with Gasteiger partial charge in [-0.05, 0) is 18.6 Å². The van der Waals surface area contributed by atoms with Crippen molar-refractivity contribution in [3.05, 3.63) is 27.2 Å². The van der Waals surface area contributed by atoms with Crippen LogP contribution in [0.4, 0.5) is 5.69 Å². The smallest absolute Gasteiger partial charge is 0.238 e. The van der Waals surface area contributed by atoms with E-state index in [4.69, 9.17) is 34.8 Å². The van der Waals surface area contributed by atoms with Crippen molar-refractivity contribution in [2.45, 2.75) is 12.5 Å². The third kappa shape index (κ3) is 4.54. The first-order chi connectivity index (χ1) is 11.5. The van der Waals surface area contributed by atoms with Crippen molar-refractivity contribution in [1.82, 2.24) is 15.1 Å². The number of halogens is 3. The van der Waals surface area contributed by atoms with Crippen molar-refractivity contribution < 1.29 is 4.79 Å². The number of likely N-dealkylation sites (tertiary alicyclic amines) is 1. The van der Waals surface area contributed by atoms with Gasteiger partial charge in [0.1, 0.15) is 0 Å². The Morgan fingerprint density at radius 2 is 1.83 bits per heavy atom. The molecule has 2 N–H and O–H groups in total. The van der Waals surface area contributed by atoms with Gasteiger partial charge in [-0.3, -0.25) is 14.6 Å². The van der Waals surface area contributed by atoms with E-state index in [0.717, 1.165) is 45.7 Å². The summed E-state index contributed by atoms with van der Waals surface area (Å²) in [5.41, 5.74) is 0.494. The Morgan fingerprint density at radius 3 is 2.58 bits per heavy atom. The second-order valence-corrected chi connectivity index (χ2v) is 7.48. The number of carbonyl (C=O) groups is 1. The lowest BCUT2D eigenvalue weighted by Crippen LogP contribution is -2.49. The van der Waals surface area contributed by atoms with Crippen LogP contribution in [-0.2, 0) is 4.79 Å². The van der Waals surface area contributed by atoms with Gasteiger partial charge in [0, 0.05) is 45.3 Å². The molecule has 24 heavy (non-hydrogen) atoms. The predicted molar refractivity (Wildman–Crippen MR) is 99.4 cm³/mol. The van der Waals surface area contributed by atoms with Crippen molar-refractivity contribution in [1.29, 1.82) is 0 Å². The molecule has 0 aliphatic carbocycles. The van der Waals surface area contributed by atoms with Gasteiger partial charge in [0.15, 0.2) is 0 Å². The fourth-order valence-corrected chi connectivity index (χ4v) is 3.91. The zero-order valence-electron chi connectivity index (χ0n) is 13.3. The van der Waals surface area contributed by atoms with E-state index < -0.39 is 0 Å². The summed E-state index contributed by atoms with van der Waals surface area (Å²) in [6.45, 7) is 6.51. The maximum Gasteiger partial charge on any atom is 0.238 e. The number of rotatable bonds is 4. The molecule has 3 rings (SSSR count). The number of anilines is 1. The van der Waals surface area contributed by atoms with E-state index in [1.807, 2.05) is 0 Å². The quantitative estimate of drug-likeness (QED) is 0.775. The third-order valence-corrected chi connectivity index (χ3v) is 5.60. The number of carbonyl (C=O) groups excluding carboxylic acids is 1. The summed E-state index contributed by atoms with van der Waals surface area (Å²) in [6.07, 6.45) is 1.11. The van der Waals surface area contributed by atoms with Gasteiger partial charge in [0.25, 0.3) is 0 Å². The number of piperazine rings is 1. The van der Waals surface area contributed by atoms with Crippen molar-refractivity contribution in [2.24, 2.45) is 0 Å². The molecular formula is C16H21Cl3N4O. The number of amides is 1. The van der Waals surface area contributed by atoms with Crippen molar-refractivity contribution in [3.8, 4) is 0 Å². The molecule has 2 aliphatic rings. The summed E-state index contributed by atoms with van der Waals surface area (Å²) in [5, 5.41) is 7.32. The Morgan fingerprint density at radius 1 is 1.12 bits per heavy atom. The van der Waals surface area contributed by atoms with Crippen LogP contribution in [0.5, 0.6) is 0 Å². The second-order valence-electron chi connectivity index (χ2n) is 6.26. The van der Waals surface area contributed by atoms with Crippen LogP contribution in [0.25, 0.3) is 0 Å². The summed E-state index contributed by atoms with van der Waals surface area (Å²) < 4.78 is 0. The number of nitrogens with one attached hydrogen (secondary N) is 2. The minimum absolute atomic E-state index is 0.0868. The molecule has 2 aliphatic heterocycles. The van der Waals surface area contributed by atoms with Gasteiger partial charge in [-0.1, -0.05) is 34.8 Å². The molecule has 0 bridgehead atoms. The van der Waals surface area contributed by atoms with Crippen LogP contribution in [0.1, 0.15) is 6.42 Å². The highest BCUT2D eigenvalue weighted by Crippen LogP contribution is 2.32. The normalized spacial score (nSPS) is 22.7. The number of nitrogens with zero attached hydrogens (tertiary/aromatic N) is 2. The maximum atomic E-state index is 12.3. The molecule has 1 aromatic carbocycles. The molecule has 0 saturated carbocycles. The minimum Gasteiger partial charge on any atom is -0.324 e. The molecular weight excluding hydrogens is 371 g/mol. The molecule has 2 fully saturated rings. The van der Waals surface area contributed by atoms with Gasteiger partial charge in [-0.15, -0.1) is 0 Å². The molecule has 5 nitrogen and oxygen atoms in total. The van der Waals surface area contributed by atoms with Gasteiger partial charge in [0.05, 0.1) is 27.3 Å². The van der Waals surface area contributed by atoms with Crippen LogP contribution in [0.2, 0.25) is 15.1 Å². The van der Waals surface area contributed by atoms with E-state index in [2.05, 4.69) is 20.4 Å². The van der Waals surface area contributed by atoms with Crippen LogP contribution >= 0.6 is 34.8 Å². The topological polar surface area (TPSA) is 47.6 Å². The van der Waals surface area contributed by atoms with E-state index in [1.165, 1.54) is 6.07 Å². The average Bonchev–Trinajstić information content (AvgIpc) is 3.02. The van der Waals surface area contributed by atoms with Crippen LogP contribution in [0, 0.1) is 0 Å². The molecule has 2 heterocycles. The molecule has 132 valence electrons. The van der Waals surface area contributed by atoms with Crippen molar-refractivity contribution in [3.63, 3.8) is 0 Å². The maximum absolute atomic E-state index is 12.3. The number of hydrogen-bond acceptors (Lipinski definition) is 4. The highest BCUT2D eigenvalue weighted by atomic mass is 35.5. The molecule has 1 atom stereocenters. The number of hydrogen-bond donors (Lipinski definition) is 2. The van der Waals surface area contributed by atoms with Gasteiger partial charge >= 0.3 is 0 Å². The molecule has 0 aromatic heterocycles. The van der Waals surface area contributed by atoms with Gasteiger partial charge < -0.3 is 10.6 Å². The van der Waals surface area contributed by atoms with Crippen LogP contribution in [0.15, 0.2) is 12.1 Å². The SMILES string of the molecule is O=C(CN1CCC(N2CCNCC2)C1)Nc1cc(Cl)c(Cl)cc1Cl. The molecule has 1 aromatic rings. The molecule has 0 spiro atoms. The summed E-state index contributed by atoms with van der Waals surface area (Å²) >= 11 is 18.0. The van der Waals surface area contributed by atoms with Crippen LogP contribution in [-0.4, -0.2) is 67.6 Å². The van der Waals surface area contributed by atoms with E-state index >= 15 is 0 Å². The highest BCUT2D eigenvalue weighted by Gasteiger charge is 2.29. The summed E-state index contributed by atoms with van der Waals surface area (Å²) in [7, 11) is 0. The first kappa shape index (κ1) is 18.2. The van der Waals surface area contributed by atoms with Gasteiger partial charge in [-0.2, -0.15) is 0 Å². The van der Waals surface area contributed by atoms with E-state index in [-0.39, 0.29) is 5.91 Å². The lowest BCUT2D eigenvalue weighted by atomic mass is 10.2. The van der Waals surface area contributed by atoms with Crippen LogP contribution in [0.3, 0.4) is 0 Å². The predicted octanol–water partition coefficient (Wildman–Crippen LogP) is 2.56. The fraction of sp³-hybridized carbons (Fsp3) is 0.562. The second kappa shape index (κ2) is 8.21. The fourth-order valence-electron chi connectivity index (χ4n) is 3.31. The first-order valence-electron chi connectivity index (χ1n) is 8.14. The Balaban J connectivity index is 1.51. The molecule has 1 unspecified atom stereocenters. The highest BCUT2D eigenvalue weighted by molar-refractivity contribution is 6.44. The lowest BCUT2D eigenvalue weighted by molar-refractivity contribution is -0.117.